The number of halogens is 2. The van der Waals surface area contributed by atoms with Gasteiger partial charge < -0.3 is 5.32 Å². The van der Waals surface area contributed by atoms with Gasteiger partial charge in [0.25, 0.3) is 0 Å². The summed E-state index contributed by atoms with van der Waals surface area (Å²) in [5.74, 6) is 5.73. The molecule has 0 saturated carbocycles. The molecule has 13 heavy (non-hydrogen) atoms. The fourth-order valence-corrected chi connectivity index (χ4v) is 1.78. The molecule has 0 heterocycles. The molecule has 0 atom stereocenters. The first-order valence-electron chi connectivity index (χ1n) is 3.82. The van der Waals surface area contributed by atoms with Crippen LogP contribution in [0.3, 0.4) is 0 Å². The molecular weight excluding hydrogens is 296 g/mol. The quantitative estimate of drug-likeness (QED) is 0.652. The molecule has 0 aromatic heterocycles. The Kier molecular flexibility index (Phi) is 4.40. The molecule has 0 bridgehead atoms. The number of hydrogen-bond acceptors (Lipinski definition) is 1. The minimum absolute atomic E-state index is 0.636. The number of rotatable bonds is 2. The summed E-state index contributed by atoms with van der Waals surface area (Å²) in [6.07, 6.45) is 0. The molecule has 0 fully saturated rings. The van der Waals surface area contributed by atoms with Gasteiger partial charge in [0.2, 0.25) is 0 Å². The van der Waals surface area contributed by atoms with Crippen molar-refractivity contribution in [3.63, 3.8) is 0 Å². The van der Waals surface area contributed by atoms with E-state index in [9.17, 15) is 0 Å². The molecule has 0 unspecified atom stereocenters. The predicted octanol–water partition coefficient (Wildman–Crippen LogP) is 3.38. The van der Waals surface area contributed by atoms with Crippen LogP contribution in [0.2, 0.25) is 5.02 Å². The Bertz CT molecular complexity index is 352. The van der Waals surface area contributed by atoms with E-state index in [1.807, 2.05) is 25.1 Å². The zero-order valence-corrected chi connectivity index (χ0v) is 10.1. The fraction of sp³-hybridized carbons (Fsp3) is 0.200. The van der Waals surface area contributed by atoms with E-state index in [2.05, 4.69) is 39.7 Å². The van der Waals surface area contributed by atoms with E-state index < -0.39 is 0 Å². The van der Waals surface area contributed by atoms with Crippen LogP contribution in [-0.4, -0.2) is 6.54 Å². The Hall–Kier alpha value is -0.400. The van der Waals surface area contributed by atoms with Crippen LogP contribution >= 0.6 is 34.2 Å². The summed E-state index contributed by atoms with van der Waals surface area (Å²) in [5.41, 5.74) is 0.935. The average Bonchev–Trinajstić information content (AvgIpc) is 2.09. The Morgan fingerprint density at radius 3 is 2.92 bits per heavy atom. The highest BCUT2D eigenvalue weighted by atomic mass is 127. The second kappa shape index (κ2) is 5.36. The molecule has 0 aliphatic carbocycles. The third-order valence-corrected chi connectivity index (χ3v) is 2.46. The van der Waals surface area contributed by atoms with E-state index in [4.69, 9.17) is 11.6 Å². The molecule has 0 aliphatic heterocycles. The van der Waals surface area contributed by atoms with Gasteiger partial charge in [-0.25, -0.2) is 0 Å². The maximum atomic E-state index is 5.99. The van der Waals surface area contributed by atoms with E-state index in [0.29, 0.717) is 6.54 Å². The largest absolute Gasteiger partial charge is 0.373 e. The molecule has 1 aromatic rings. The minimum atomic E-state index is 0.636. The van der Waals surface area contributed by atoms with Crippen molar-refractivity contribution in [2.24, 2.45) is 0 Å². The molecule has 1 aromatic carbocycles. The van der Waals surface area contributed by atoms with Crippen LogP contribution in [0.4, 0.5) is 5.69 Å². The SMILES string of the molecule is CC#CCNc1ccc(I)cc1Cl. The third kappa shape index (κ3) is 3.45. The van der Waals surface area contributed by atoms with Gasteiger partial charge in [-0.05, 0) is 47.7 Å². The average molecular weight is 306 g/mol. The van der Waals surface area contributed by atoms with Crippen molar-refractivity contribution in [1.82, 2.24) is 0 Å². The second-order valence-corrected chi connectivity index (χ2v) is 4.06. The normalized spacial score (nSPS) is 8.85. The Labute approximate surface area is 97.0 Å². The van der Waals surface area contributed by atoms with Gasteiger partial charge in [-0.1, -0.05) is 17.5 Å². The van der Waals surface area contributed by atoms with E-state index >= 15 is 0 Å². The number of hydrogen-bond donors (Lipinski definition) is 1. The summed E-state index contributed by atoms with van der Waals surface area (Å²) in [6.45, 7) is 2.45. The first-order chi connectivity index (χ1) is 6.24. The molecule has 1 N–H and O–H groups in total. The maximum Gasteiger partial charge on any atom is 0.0766 e. The van der Waals surface area contributed by atoms with Gasteiger partial charge >= 0.3 is 0 Å². The lowest BCUT2D eigenvalue weighted by atomic mass is 10.3. The Balaban J connectivity index is 2.70. The lowest BCUT2D eigenvalue weighted by Crippen LogP contribution is -1.98. The van der Waals surface area contributed by atoms with E-state index in [1.165, 1.54) is 0 Å². The molecule has 0 radical (unpaired) electrons. The highest BCUT2D eigenvalue weighted by molar-refractivity contribution is 14.1. The van der Waals surface area contributed by atoms with Crippen molar-refractivity contribution < 1.29 is 0 Å². The van der Waals surface area contributed by atoms with Crippen LogP contribution in [0.5, 0.6) is 0 Å². The van der Waals surface area contributed by atoms with E-state index in [-0.39, 0.29) is 0 Å². The van der Waals surface area contributed by atoms with E-state index in [1.54, 1.807) is 0 Å². The summed E-state index contributed by atoms with van der Waals surface area (Å²) < 4.78 is 1.13. The summed E-state index contributed by atoms with van der Waals surface area (Å²) >= 11 is 8.22. The standard InChI is InChI=1S/C10H9ClIN/c1-2-3-6-13-10-5-4-8(12)7-9(10)11/h4-5,7,13H,6H2,1H3. The zero-order chi connectivity index (χ0) is 9.68. The lowest BCUT2D eigenvalue weighted by molar-refractivity contribution is 1.37. The number of anilines is 1. The van der Waals surface area contributed by atoms with Crippen molar-refractivity contribution in [3.8, 4) is 11.8 Å². The van der Waals surface area contributed by atoms with Gasteiger partial charge in [0.05, 0.1) is 17.3 Å². The molecule has 0 amide bonds. The third-order valence-electron chi connectivity index (χ3n) is 1.48. The van der Waals surface area contributed by atoms with Gasteiger partial charge in [0, 0.05) is 3.57 Å². The van der Waals surface area contributed by atoms with Crippen molar-refractivity contribution in [3.05, 3.63) is 26.8 Å². The first kappa shape index (κ1) is 10.7. The van der Waals surface area contributed by atoms with Crippen LogP contribution < -0.4 is 5.32 Å². The van der Waals surface area contributed by atoms with Crippen LogP contribution in [0.1, 0.15) is 6.92 Å². The van der Waals surface area contributed by atoms with Crippen LogP contribution in [-0.2, 0) is 0 Å². The summed E-state index contributed by atoms with van der Waals surface area (Å²) in [7, 11) is 0. The van der Waals surface area contributed by atoms with Gasteiger partial charge in [0.1, 0.15) is 0 Å². The second-order valence-electron chi connectivity index (χ2n) is 2.40. The molecule has 68 valence electrons. The molecule has 0 spiro atoms. The van der Waals surface area contributed by atoms with Crippen LogP contribution in [0.25, 0.3) is 0 Å². The minimum Gasteiger partial charge on any atom is -0.373 e. The first-order valence-corrected chi connectivity index (χ1v) is 5.28. The van der Waals surface area contributed by atoms with Crippen molar-refractivity contribution >= 4 is 39.9 Å². The Morgan fingerprint density at radius 1 is 1.54 bits per heavy atom. The summed E-state index contributed by atoms with van der Waals surface area (Å²) in [5, 5.41) is 3.87. The topological polar surface area (TPSA) is 12.0 Å². The molecule has 0 aliphatic rings. The van der Waals surface area contributed by atoms with Gasteiger partial charge in [0.15, 0.2) is 0 Å². The highest BCUT2D eigenvalue weighted by Crippen LogP contribution is 2.23. The van der Waals surface area contributed by atoms with Crippen LogP contribution in [0, 0.1) is 15.4 Å². The van der Waals surface area contributed by atoms with Gasteiger partial charge in [-0.15, -0.1) is 5.92 Å². The van der Waals surface area contributed by atoms with Gasteiger partial charge in [-0.2, -0.15) is 0 Å². The monoisotopic (exact) mass is 305 g/mol. The smallest absolute Gasteiger partial charge is 0.0766 e. The van der Waals surface area contributed by atoms with Crippen LogP contribution in [0.15, 0.2) is 18.2 Å². The maximum absolute atomic E-state index is 5.99. The fourth-order valence-electron chi connectivity index (χ4n) is 0.861. The van der Waals surface area contributed by atoms with Crippen molar-refractivity contribution in [1.29, 1.82) is 0 Å². The van der Waals surface area contributed by atoms with E-state index in [0.717, 1.165) is 14.3 Å². The summed E-state index contributed by atoms with van der Waals surface area (Å²) in [6, 6.07) is 5.89. The molecular formula is C10H9ClIN. The van der Waals surface area contributed by atoms with Crippen molar-refractivity contribution in [2.75, 3.05) is 11.9 Å². The molecule has 1 nitrogen and oxygen atoms in total. The number of nitrogens with one attached hydrogen (secondary N) is 1. The molecule has 0 saturated heterocycles. The van der Waals surface area contributed by atoms with Crippen molar-refractivity contribution in [2.45, 2.75) is 6.92 Å². The predicted molar refractivity (Wildman–Crippen MR) is 66.1 cm³/mol. The molecule has 3 heteroatoms. The zero-order valence-electron chi connectivity index (χ0n) is 7.20. The Morgan fingerprint density at radius 2 is 2.31 bits per heavy atom. The molecule has 1 rings (SSSR count). The lowest BCUT2D eigenvalue weighted by Gasteiger charge is -2.04. The summed E-state index contributed by atoms with van der Waals surface area (Å²) in [4.78, 5) is 0. The highest BCUT2D eigenvalue weighted by Gasteiger charge is 1.98. The number of benzene rings is 1. The van der Waals surface area contributed by atoms with Gasteiger partial charge in [-0.3, -0.25) is 0 Å².